The number of carbonyl (C=O) groups is 3. The largest absolute Gasteiger partial charge is 0.322 e. The van der Waals surface area contributed by atoms with E-state index in [9.17, 15) is 14.4 Å². The van der Waals surface area contributed by atoms with Gasteiger partial charge in [0, 0.05) is 30.5 Å². The molecule has 0 spiro atoms. The Balaban J connectivity index is 1.78. The molecule has 1 atom stereocenters. The van der Waals surface area contributed by atoms with Crippen molar-refractivity contribution < 1.29 is 14.4 Å². The Morgan fingerprint density at radius 3 is 2.92 bits per heavy atom. The van der Waals surface area contributed by atoms with Gasteiger partial charge in [-0.05, 0) is 44.1 Å². The predicted octanol–water partition coefficient (Wildman–Crippen LogP) is 0.799. The van der Waals surface area contributed by atoms with Crippen molar-refractivity contribution in [3.05, 3.63) is 34.9 Å². The molecule has 3 amide bonds. The summed E-state index contributed by atoms with van der Waals surface area (Å²) in [6, 6.07) is 4.91. The third-order valence-electron chi connectivity index (χ3n) is 4.53. The summed E-state index contributed by atoms with van der Waals surface area (Å²) in [5.74, 6) is 5.47. The summed E-state index contributed by atoms with van der Waals surface area (Å²) in [6.07, 6.45) is 2.39. The molecule has 1 unspecified atom stereocenters. The standard InChI is InChI=1S/C19H21N3O3/c1-20-11-4-2-3-6-13-7-5-8-14-15(13)12-22(19(14)25)16-9-10-17(23)21-18(16)24/h5,7-8,16,20H,2,4,9-12H2,1H3,(H,21,23,24). The smallest absolute Gasteiger partial charge is 0.255 e. The van der Waals surface area contributed by atoms with Crippen LogP contribution in [0.3, 0.4) is 0 Å². The average molecular weight is 339 g/mol. The van der Waals surface area contributed by atoms with Crippen molar-refractivity contribution in [2.24, 2.45) is 0 Å². The third-order valence-corrected chi connectivity index (χ3v) is 4.53. The number of rotatable bonds is 4. The van der Waals surface area contributed by atoms with Crippen molar-refractivity contribution in [1.82, 2.24) is 15.5 Å². The van der Waals surface area contributed by atoms with Crippen LogP contribution in [0.1, 0.15) is 47.2 Å². The number of carbonyl (C=O) groups excluding carboxylic acids is 3. The van der Waals surface area contributed by atoms with Gasteiger partial charge in [-0.25, -0.2) is 0 Å². The van der Waals surface area contributed by atoms with Crippen molar-refractivity contribution in [2.45, 2.75) is 38.3 Å². The van der Waals surface area contributed by atoms with E-state index in [1.54, 1.807) is 11.0 Å². The van der Waals surface area contributed by atoms with Crippen LogP contribution in [0.2, 0.25) is 0 Å². The van der Waals surface area contributed by atoms with E-state index in [0.29, 0.717) is 18.5 Å². The van der Waals surface area contributed by atoms with Crippen LogP contribution >= 0.6 is 0 Å². The summed E-state index contributed by atoms with van der Waals surface area (Å²) < 4.78 is 0. The summed E-state index contributed by atoms with van der Waals surface area (Å²) in [4.78, 5) is 37.7. The van der Waals surface area contributed by atoms with Crippen molar-refractivity contribution in [2.75, 3.05) is 13.6 Å². The normalized spacial score (nSPS) is 19.3. The van der Waals surface area contributed by atoms with Gasteiger partial charge in [-0.2, -0.15) is 0 Å². The van der Waals surface area contributed by atoms with Crippen LogP contribution in [0.4, 0.5) is 0 Å². The number of nitrogens with zero attached hydrogens (tertiary/aromatic N) is 1. The summed E-state index contributed by atoms with van der Waals surface area (Å²) in [5, 5.41) is 5.40. The molecule has 2 heterocycles. The lowest BCUT2D eigenvalue weighted by atomic mass is 10.0. The van der Waals surface area contributed by atoms with Gasteiger partial charge in [-0.3, -0.25) is 19.7 Å². The van der Waals surface area contributed by atoms with Crippen LogP contribution < -0.4 is 10.6 Å². The maximum atomic E-state index is 12.7. The lowest BCUT2D eigenvalue weighted by molar-refractivity contribution is -0.136. The first-order valence-corrected chi connectivity index (χ1v) is 8.52. The molecule has 2 N–H and O–H groups in total. The average Bonchev–Trinajstić information content (AvgIpc) is 2.92. The molecule has 6 heteroatoms. The number of unbranched alkanes of at least 4 members (excludes halogenated alkanes) is 1. The fourth-order valence-electron chi connectivity index (χ4n) is 3.21. The highest BCUT2D eigenvalue weighted by Crippen LogP contribution is 2.29. The SMILES string of the molecule is CNCCCC#Cc1cccc2c1CN(C1CCC(=O)NC1=O)C2=O. The molecule has 0 radical (unpaired) electrons. The molecular weight excluding hydrogens is 318 g/mol. The molecule has 1 fully saturated rings. The highest BCUT2D eigenvalue weighted by atomic mass is 16.2. The minimum atomic E-state index is -0.589. The Morgan fingerprint density at radius 1 is 1.32 bits per heavy atom. The van der Waals surface area contributed by atoms with E-state index in [0.717, 1.165) is 30.5 Å². The lowest BCUT2D eigenvalue weighted by Gasteiger charge is -2.29. The Bertz CT molecular complexity index is 776. The number of amides is 3. The summed E-state index contributed by atoms with van der Waals surface area (Å²) in [6.45, 7) is 1.28. The molecule has 2 aliphatic heterocycles. The Kier molecular flexibility index (Phi) is 5.15. The maximum absolute atomic E-state index is 12.7. The van der Waals surface area contributed by atoms with Gasteiger partial charge in [-0.15, -0.1) is 0 Å². The van der Waals surface area contributed by atoms with Gasteiger partial charge in [-0.1, -0.05) is 17.9 Å². The molecule has 6 nitrogen and oxygen atoms in total. The molecular formula is C19H21N3O3. The maximum Gasteiger partial charge on any atom is 0.255 e. The fourth-order valence-corrected chi connectivity index (χ4v) is 3.21. The van der Waals surface area contributed by atoms with Gasteiger partial charge in [0.2, 0.25) is 11.8 Å². The first-order chi connectivity index (χ1) is 12.1. The van der Waals surface area contributed by atoms with Crippen LogP contribution in [-0.2, 0) is 16.1 Å². The molecule has 1 aromatic carbocycles. The van der Waals surface area contributed by atoms with Gasteiger partial charge in [0.05, 0.1) is 0 Å². The Labute approximate surface area is 147 Å². The van der Waals surface area contributed by atoms with E-state index >= 15 is 0 Å². The van der Waals surface area contributed by atoms with Crippen LogP contribution in [0.5, 0.6) is 0 Å². The second kappa shape index (κ2) is 7.49. The summed E-state index contributed by atoms with van der Waals surface area (Å²) in [7, 11) is 1.91. The number of nitrogens with one attached hydrogen (secondary N) is 2. The van der Waals surface area contributed by atoms with Gasteiger partial charge in [0.15, 0.2) is 0 Å². The second-order valence-corrected chi connectivity index (χ2v) is 6.24. The van der Waals surface area contributed by atoms with Crippen molar-refractivity contribution in [1.29, 1.82) is 0 Å². The summed E-state index contributed by atoms with van der Waals surface area (Å²) in [5.41, 5.74) is 2.31. The minimum absolute atomic E-state index is 0.164. The van der Waals surface area contributed by atoms with E-state index in [-0.39, 0.29) is 18.2 Å². The highest BCUT2D eigenvalue weighted by Gasteiger charge is 2.39. The minimum Gasteiger partial charge on any atom is -0.322 e. The molecule has 0 saturated carbocycles. The van der Waals surface area contributed by atoms with E-state index in [1.165, 1.54) is 0 Å². The summed E-state index contributed by atoms with van der Waals surface area (Å²) >= 11 is 0. The van der Waals surface area contributed by atoms with Crippen LogP contribution in [0.15, 0.2) is 18.2 Å². The van der Waals surface area contributed by atoms with E-state index in [2.05, 4.69) is 22.5 Å². The Morgan fingerprint density at radius 2 is 2.16 bits per heavy atom. The predicted molar refractivity (Wildman–Crippen MR) is 92.5 cm³/mol. The third kappa shape index (κ3) is 3.57. The first-order valence-electron chi connectivity index (χ1n) is 8.52. The molecule has 1 aromatic rings. The molecule has 0 aromatic heterocycles. The number of hydrogen-bond donors (Lipinski definition) is 2. The molecule has 2 aliphatic rings. The quantitative estimate of drug-likeness (QED) is 0.483. The lowest BCUT2D eigenvalue weighted by Crippen LogP contribution is -2.52. The molecule has 3 rings (SSSR count). The van der Waals surface area contributed by atoms with Gasteiger partial charge >= 0.3 is 0 Å². The molecule has 25 heavy (non-hydrogen) atoms. The zero-order chi connectivity index (χ0) is 17.8. The molecule has 0 bridgehead atoms. The van der Waals surface area contributed by atoms with E-state index < -0.39 is 11.9 Å². The monoisotopic (exact) mass is 339 g/mol. The molecule has 0 aliphatic carbocycles. The first kappa shape index (κ1) is 17.2. The molecule has 1 saturated heterocycles. The van der Waals surface area contributed by atoms with Crippen molar-refractivity contribution in [3.8, 4) is 11.8 Å². The van der Waals surface area contributed by atoms with E-state index in [1.807, 2.05) is 19.2 Å². The van der Waals surface area contributed by atoms with Crippen LogP contribution in [0, 0.1) is 11.8 Å². The number of benzene rings is 1. The van der Waals surface area contributed by atoms with Gasteiger partial charge < -0.3 is 10.2 Å². The number of imide groups is 1. The molecule has 130 valence electrons. The highest BCUT2D eigenvalue weighted by molar-refractivity contribution is 6.05. The Hall–Kier alpha value is -2.65. The zero-order valence-electron chi connectivity index (χ0n) is 14.2. The number of hydrogen-bond acceptors (Lipinski definition) is 4. The van der Waals surface area contributed by atoms with Crippen molar-refractivity contribution in [3.63, 3.8) is 0 Å². The van der Waals surface area contributed by atoms with Gasteiger partial charge in [0.1, 0.15) is 6.04 Å². The van der Waals surface area contributed by atoms with Gasteiger partial charge in [0.25, 0.3) is 5.91 Å². The topological polar surface area (TPSA) is 78.5 Å². The van der Waals surface area contributed by atoms with Crippen molar-refractivity contribution >= 4 is 17.7 Å². The zero-order valence-corrected chi connectivity index (χ0v) is 14.2. The second-order valence-electron chi connectivity index (χ2n) is 6.24. The fraction of sp³-hybridized carbons (Fsp3) is 0.421. The van der Waals surface area contributed by atoms with Crippen LogP contribution in [0.25, 0.3) is 0 Å². The number of piperidine rings is 1. The van der Waals surface area contributed by atoms with E-state index in [4.69, 9.17) is 0 Å². The number of fused-ring (bicyclic) bond motifs is 1. The van der Waals surface area contributed by atoms with Crippen LogP contribution in [-0.4, -0.2) is 42.3 Å².